The average Bonchev–Trinajstić information content (AvgIpc) is 2.89. The molecule has 0 radical (unpaired) electrons. The van der Waals surface area contributed by atoms with E-state index in [0.717, 1.165) is 24.2 Å². The number of esters is 1. The molecule has 1 N–H and O–H groups in total. The quantitative estimate of drug-likeness (QED) is 0.532. The zero-order valence-corrected chi connectivity index (χ0v) is 17.5. The van der Waals surface area contributed by atoms with Crippen LogP contribution in [0.3, 0.4) is 0 Å². The standard InChI is InChI=1S/C22H31N3O3/c1-6-28-22(27)20-16(2)19(21(26)23-13-10-14-24(4)5)17(3)25(20)15-18-11-8-7-9-12-18/h7-9,11-12H,6,10,13-15H2,1-5H3,(H,23,26). The van der Waals surface area contributed by atoms with Gasteiger partial charge in [0.25, 0.3) is 5.91 Å². The molecule has 0 aliphatic carbocycles. The van der Waals surface area contributed by atoms with E-state index >= 15 is 0 Å². The topological polar surface area (TPSA) is 63.6 Å². The Balaban J connectivity index is 2.34. The van der Waals surface area contributed by atoms with Crippen molar-refractivity contribution in [3.05, 3.63) is 58.4 Å². The molecule has 0 spiro atoms. The van der Waals surface area contributed by atoms with Crippen molar-refractivity contribution in [1.29, 1.82) is 0 Å². The van der Waals surface area contributed by atoms with Crippen LogP contribution >= 0.6 is 0 Å². The normalized spacial score (nSPS) is 10.9. The molecule has 152 valence electrons. The van der Waals surface area contributed by atoms with Crippen molar-refractivity contribution < 1.29 is 14.3 Å². The van der Waals surface area contributed by atoms with Crippen LogP contribution in [0.15, 0.2) is 30.3 Å². The summed E-state index contributed by atoms with van der Waals surface area (Å²) in [6.45, 7) is 7.77. The van der Waals surface area contributed by atoms with Crippen molar-refractivity contribution >= 4 is 11.9 Å². The van der Waals surface area contributed by atoms with E-state index in [0.29, 0.717) is 36.5 Å². The Morgan fingerprint density at radius 3 is 2.43 bits per heavy atom. The third kappa shape index (κ3) is 5.23. The van der Waals surface area contributed by atoms with Crippen LogP contribution in [0.1, 0.15) is 51.0 Å². The predicted molar refractivity (Wildman–Crippen MR) is 111 cm³/mol. The smallest absolute Gasteiger partial charge is 0.355 e. The van der Waals surface area contributed by atoms with E-state index in [1.54, 1.807) is 6.92 Å². The van der Waals surface area contributed by atoms with E-state index in [-0.39, 0.29) is 5.91 Å². The first kappa shape index (κ1) is 21.7. The Hall–Kier alpha value is -2.60. The Morgan fingerprint density at radius 1 is 1.14 bits per heavy atom. The summed E-state index contributed by atoms with van der Waals surface area (Å²) in [7, 11) is 4.01. The summed E-state index contributed by atoms with van der Waals surface area (Å²) in [6, 6.07) is 9.89. The largest absolute Gasteiger partial charge is 0.461 e. The number of carbonyl (C=O) groups is 2. The highest BCUT2D eigenvalue weighted by atomic mass is 16.5. The molecule has 0 bridgehead atoms. The fourth-order valence-electron chi connectivity index (χ4n) is 3.34. The van der Waals surface area contributed by atoms with Crippen molar-refractivity contribution in [2.75, 3.05) is 33.8 Å². The van der Waals surface area contributed by atoms with Crippen LogP contribution < -0.4 is 5.32 Å². The Bertz CT molecular complexity index is 810. The molecule has 6 nitrogen and oxygen atoms in total. The molecule has 6 heteroatoms. The minimum atomic E-state index is -0.398. The lowest BCUT2D eigenvalue weighted by atomic mass is 10.1. The fraction of sp³-hybridized carbons (Fsp3) is 0.455. The van der Waals surface area contributed by atoms with Gasteiger partial charge in [-0.2, -0.15) is 0 Å². The van der Waals surface area contributed by atoms with Gasteiger partial charge >= 0.3 is 5.97 Å². The number of hydrogen-bond donors (Lipinski definition) is 1. The van der Waals surface area contributed by atoms with Gasteiger partial charge in [0.2, 0.25) is 0 Å². The van der Waals surface area contributed by atoms with Gasteiger partial charge in [-0.1, -0.05) is 30.3 Å². The van der Waals surface area contributed by atoms with E-state index in [1.165, 1.54) is 0 Å². The highest BCUT2D eigenvalue weighted by Crippen LogP contribution is 2.24. The number of ether oxygens (including phenoxy) is 1. The molecule has 0 aliphatic rings. The summed E-state index contributed by atoms with van der Waals surface area (Å²) in [4.78, 5) is 27.5. The summed E-state index contributed by atoms with van der Waals surface area (Å²) < 4.78 is 7.15. The second kappa shape index (κ2) is 10.1. The van der Waals surface area contributed by atoms with E-state index in [2.05, 4.69) is 10.2 Å². The summed E-state index contributed by atoms with van der Waals surface area (Å²) in [5, 5.41) is 2.98. The van der Waals surface area contributed by atoms with E-state index < -0.39 is 5.97 Å². The zero-order chi connectivity index (χ0) is 20.7. The van der Waals surface area contributed by atoms with Crippen LogP contribution in [0.5, 0.6) is 0 Å². The van der Waals surface area contributed by atoms with Crippen LogP contribution in [-0.2, 0) is 11.3 Å². The number of hydrogen-bond acceptors (Lipinski definition) is 4. The van der Waals surface area contributed by atoms with Crippen LogP contribution in [0.4, 0.5) is 0 Å². The van der Waals surface area contributed by atoms with Gasteiger partial charge in [0.05, 0.1) is 12.2 Å². The zero-order valence-electron chi connectivity index (χ0n) is 17.5. The average molecular weight is 386 g/mol. The molecule has 0 unspecified atom stereocenters. The van der Waals surface area contributed by atoms with Gasteiger partial charge in [0, 0.05) is 18.8 Å². The highest BCUT2D eigenvalue weighted by Gasteiger charge is 2.27. The number of amides is 1. The summed E-state index contributed by atoms with van der Waals surface area (Å²) in [5.41, 5.74) is 3.50. The van der Waals surface area contributed by atoms with Gasteiger partial charge in [-0.3, -0.25) is 4.79 Å². The van der Waals surface area contributed by atoms with Crippen molar-refractivity contribution in [2.45, 2.75) is 33.7 Å². The van der Waals surface area contributed by atoms with E-state index in [9.17, 15) is 9.59 Å². The fourth-order valence-corrected chi connectivity index (χ4v) is 3.34. The third-order valence-electron chi connectivity index (χ3n) is 4.71. The van der Waals surface area contributed by atoms with Gasteiger partial charge in [-0.25, -0.2) is 4.79 Å². The van der Waals surface area contributed by atoms with Gasteiger partial charge < -0.3 is 19.5 Å². The first-order chi connectivity index (χ1) is 13.4. The molecule has 1 heterocycles. The van der Waals surface area contributed by atoms with Crippen LogP contribution in [0, 0.1) is 13.8 Å². The summed E-state index contributed by atoms with van der Waals surface area (Å²) in [5.74, 6) is -0.545. The number of nitrogens with one attached hydrogen (secondary N) is 1. The van der Waals surface area contributed by atoms with Crippen LogP contribution in [-0.4, -0.2) is 55.1 Å². The second-order valence-corrected chi connectivity index (χ2v) is 7.14. The molecular weight excluding hydrogens is 354 g/mol. The molecule has 0 atom stereocenters. The minimum absolute atomic E-state index is 0.147. The molecule has 1 aromatic heterocycles. The first-order valence-electron chi connectivity index (χ1n) is 9.70. The molecule has 28 heavy (non-hydrogen) atoms. The maximum Gasteiger partial charge on any atom is 0.355 e. The number of aromatic nitrogens is 1. The number of nitrogens with zero attached hydrogens (tertiary/aromatic N) is 2. The molecule has 0 saturated carbocycles. The van der Waals surface area contributed by atoms with Crippen LogP contribution in [0.2, 0.25) is 0 Å². The molecule has 2 aromatic rings. The minimum Gasteiger partial charge on any atom is -0.461 e. The lowest BCUT2D eigenvalue weighted by Gasteiger charge is -2.12. The summed E-state index contributed by atoms with van der Waals surface area (Å²) >= 11 is 0. The van der Waals surface area contributed by atoms with Gasteiger partial charge in [0.15, 0.2) is 0 Å². The number of benzene rings is 1. The lowest BCUT2D eigenvalue weighted by molar-refractivity contribution is 0.0513. The van der Waals surface area contributed by atoms with Crippen molar-refractivity contribution in [1.82, 2.24) is 14.8 Å². The molecule has 2 rings (SSSR count). The van der Waals surface area contributed by atoms with Crippen molar-refractivity contribution in [3.63, 3.8) is 0 Å². The molecule has 1 aromatic carbocycles. The third-order valence-corrected chi connectivity index (χ3v) is 4.71. The predicted octanol–water partition coefficient (Wildman–Crippen LogP) is 3.01. The van der Waals surface area contributed by atoms with Crippen molar-refractivity contribution in [3.8, 4) is 0 Å². The Kier molecular flexibility index (Phi) is 7.81. The van der Waals surface area contributed by atoms with Crippen molar-refractivity contribution in [2.24, 2.45) is 0 Å². The van der Waals surface area contributed by atoms with E-state index in [4.69, 9.17) is 4.74 Å². The Morgan fingerprint density at radius 2 is 1.82 bits per heavy atom. The van der Waals surface area contributed by atoms with Crippen LogP contribution in [0.25, 0.3) is 0 Å². The number of rotatable bonds is 9. The molecule has 0 aliphatic heterocycles. The molecular formula is C22H31N3O3. The molecule has 0 saturated heterocycles. The maximum absolute atomic E-state index is 12.8. The molecule has 1 amide bonds. The first-order valence-corrected chi connectivity index (χ1v) is 9.70. The van der Waals surface area contributed by atoms with E-state index in [1.807, 2.05) is 62.8 Å². The Labute approximate surface area is 167 Å². The maximum atomic E-state index is 12.8. The second-order valence-electron chi connectivity index (χ2n) is 7.14. The monoisotopic (exact) mass is 385 g/mol. The lowest BCUT2D eigenvalue weighted by Crippen LogP contribution is -2.28. The van der Waals surface area contributed by atoms with Gasteiger partial charge in [-0.15, -0.1) is 0 Å². The summed E-state index contributed by atoms with van der Waals surface area (Å²) in [6.07, 6.45) is 0.867. The molecule has 0 fully saturated rings. The van der Waals surface area contributed by atoms with Gasteiger partial charge in [0.1, 0.15) is 5.69 Å². The number of carbonyl (C=O) groups excluding carboxylic acids is 2. The highest BCUT2D eigenvalue weighted by molar-refractivity contribution is 6.01. The SMILES string of the molecule is CCOC(=O)c1c(C)c(C(=O)NCCCN(C)C)c(C)n1Cc1ccccc1. The van der Waals surface area contributed by atoms with Gasteiger partial charge in [-0.05, 0) is 59.0 Å².